The van der Waals surface area contributed by atoms with E-state index in [1.54, 1.807) is 42.5 Å². The van der Waals surface area contributed by atoms with Crippen molar-refractivity contribution in [3.63, 3.8) is 0 Å². The summed E-state index contributed by atoms with van der Waals surface area (Å²) in [7, 11) is -3.97. The van der Waals surface area contributed by atoms with E-state index in [1.807, 2.05) is 30.3 Å². The highest BCUT2D eigenvalue weighted by molar-refractivity contribution is 7.90. The Bertz CT molecular complexity index is 1350. The Kier molecular flexibility index (Phi) is 9.25. The maximum absolute atomic E-state index is 12.9. The van der Waals surface area contributed by atoms with Crippen LogP contribution in [0.5, 0.6) is 5.75 Å². The largest absolute Gasteiger partial charge is 0.488 e. The molecule has 200 valence electrons. The van der Waals surface area contributed by atoms with Crippen LogP contribution in [-0.2, 0) is 28.0 Å². The van der Waals surface area contributed by atoms with Gasteiger partial charge in [0, 0.05) is 18.1 Å². The third-order valence-corrected chi connectivity index (χ3v) is 7.78. The highest BCUT2D eigenvalue weighted by atomic mass is 35.5. The van der Waals surface area contributed by atoms with Gasteiger partial charge in [0.2, 0.25) is 10.0 Å². The first-order valence-corrected chi connectivity index (χ1v) is 14.3. The van der Waals surface area contributed by atoms with E-state index in [9.17, 15) is 18.0 Å². The average molecular weight is 557 g/mol. The molecule has 3 aromatic carbocycles. The Morgan fingerprint density at radius 3 is 2.37 bits per heavy atom. The molecular formula is C28H29ClN2O6S. The summed E-state index contributed by atoms with van der Waals surface area (Å²) in [5.74, 6) is -1.11. The number of likely N-dealkylation sites (tertiary alicyclic amines) is 1. The Labute approximate surface area is 227 Å². The second-order valence-electron chi connectivity index (χ2n) is 9.12. The van der Waals surface area contributed by atoms with Crippen LogP contribution in [0.1, 0.15) is 34.3 Å². The van der Waals surface area contributed by atoms with Crippen molar-refractivity contribution in [2.24, 2.45) is 5.92 Å². The number of para-hydroxylation sites is 1. The molecule has 0 aromatic heterocycles. The summed E-state index contributed by atoms with van der Waals surface area (Å²) < 4.78 is 39.1. The predicted octanol–water partition coefficient (Wildman–Crippen LogP) is 5.03. The lowest BCUT2D eigenvalue weighted by atomic mass is 10.0. The number of sulfonamides is 1. The molecule has 2 amide bonds. The van der Waals surface area contributed by atoms with Crippen molar-refractivity contribution in [1.82, 2.24) is 9.62 Å². The number of halogens is 1. The highest BCUT2D eigenvalue weighted by Gasteiger charge is 2.29. The molecule has 10 heteroatoms. The Morgan fingerprint density at radius 1 is 0.921 bits per heavy atom. The van der Waals surface area contributed by atoms with Gasteiger partial charge in [0.25, 0.3) is 5.91 Å². The van der Waals surface area contributed by atoms with Crippen LogP contribution >= 0.6 is 11.6 Å². The van der Waals surface area contributed by atoms with Crippen molar-refractivity contribution in [2.75, 3.05) is 18.8 Å². The van der Waals surface area contributed by atoms with Gasteiger partial charge in [-0.15, -0.1) is 0 Å². The van der Waals surface area contributed by atoms with Gasteiger partial charge in [-0.25, -0.2) is 17.9 Å². The average Bonchev–Trinajstić information content (AvgIpc) is 2.91. The van der Waals surface area contributed by atoms with Crippen LogP contribution in [0.2, 0.25) is 5.02 Å². The zero-order valence-electron chi connectivity index (χ0n) is 20.7. The van der Waals surface area contributed by atoms with Crippen molar-refractivity contribution >= 4 is 33.6 Å². The van der Waals surface area contributed by atoms with E-state index in [-0.39, 0.29) is 42.7 Å². The fraction of sp³-hybridized carbons (Fsp3) is 0.286. The number of carbonyl (C=O) groups is 2. The van der Waals surface area contributed by atoms with E-state index in [1.165, 1.54) is 11.0 Å². The molecule has 0 radical (unpaired) electrons. The molecule has 1 heterocycles. The zero-order valence-corrected chi connectivity index (χ0v) is 22.3. The molecule has 1 atom stereocenters. The monoisotopic (exact) mass is 556 g/mol. The van der Waals surface area contributed by atoms with Crippen molar-refractivity contribution in [2.45, 2.75) is 26.1 Å². The normalized spacial score (nSPS) is 15.5. The summed E-state index contributed by atoms with van der Waals surface area (Å²) in [6.45, 7) is 1.07. The van der Waals surface area contributed by atoms with Crippen molar-refractivity contribution in [3.8, 4) is 5.75 Å². The zero-order chi connectivity index (χ0) is 27.0. The lowest BCUT2D eigenvalue weighted by Crippen LogP contribution is -2.44. The van der Waals surface area contributed by atoms with E-state index in [0.717, 1.165) is 11.1 Å². The fourth-order valence-electron chi connectivity index (χ4n) is 4.25. The maximum Gasteiger partial charge on any atom is 0.410 e. The van der Waals surface area contributed by atoms with Gasteiger partial charge in [-0.3, -0.25) is 4.79 Å². The number of hydrogen-bond acceptors (Lipinski definition) is 6. The standard InChI is InChI=1S/C28H29ClN2O6S/c29-24-14-12-22(13-15-24)18-36-26-11-5-4-10-25(26)27(32)30-38(34,35)20-23-9-6-16-31(17-23)28(33)37-19-21-7-2-1-3-8-21/h1-5,7-8,10-15,23H,6,9,16-20H2,(H,30,32)/t23-/m0/s1. The van der Waals surface area contributed by atoms with Crippen LogP contribution in [-0.4, -0.2) is 44.2 Å². The molecule has 0 bridgehead atoms. The summed E-state index contributed by atoms with van der Waals surface area (Å²) in [6.07, 6.45) is 0.792. The molecule has 0 aliphatic carbocycles. The van der Waals surface area contributed by atoms with Gasteiger partial charge in [-0.05, 0) is 54.2 Å². The van der Waals surface area contributed by atoms with Gasteiger partial charge in [0.05, 0.1) is 11.3 Å². The number of carbonyl (C=O) groups excluding carboxylic acids is 2. The minimum atomic E-state index is -3.97. The van der Waals surface area contributed by atoms with Crippen molar-refractivity contribution < 1.29 is 27.5 Å². The van der Waals surface area contributed by atoms with Gasteiger partial charge in [0.15, 0.2) is 0 Å². The maximum atomic E-state index is 12.9. The molecule has 0 saturated carbocycles. The first kappa shape index (κ1) is 27.5. The quantitative estimate of drug-likeness (QED) is 0.397. The lowest BCUT2D eigenvalue weighted by Gasteiger charge is -2.31. The number of piperidine rings is 1. The Balaban J connectivity index is 1.32. The summed E-state index contributed by atoms with van der Waals surface area (Å²) in [5, 5.41) is 0.601. The van der Waals surface area contributed by atoms with E-state index >= 15 is 0 Å². The number of amides is 2. The number of nitrogens with one attached hydrogen (secondary N) is 1. The SMILES string of the molecule is O=C(NS(=O)(=O)C[C@H]1CCCN(C(=O)OCc2ccccc2)C1)c1ccccc1OCc1ccc(Cl)cc1. The second kappa shape index (κ2) is 12.8. The summed E-state index contributed by atoms with van der Waals surface area (Å²) in [4.78, 5) is 26.9. The van der Waals surface area contributed by atoms with Crippen LogP contribution in [0.25, 0.3) is 0 Å². The molecular weight excluding hydrogens is 528 g/mol. The van der Waals surface area contributed by atoms with Gasteiger partial charge >= 0.3 is 6.09 Å². The molecule has 0 spiro atoms. The van der Waals surface area contributed by atoms with Gasteiger partial charge in [-0.2, -0.15) is 0 Å². The second-order valence-corrected chi connectivity index (χ2v) is 11.3. The molecule has 1 aliphatic heterocycles. The van der Waals surface area contributed by atoms with E-state index < -0.39 is 22.0 Å². The third-order valence-electron chi connectivity index (χ3n) is 6.12. The van der Waals surface area contributed by atoms with E-state index in [2.05, 4.69) is 4.72 Å². The summed E-state index contributed by atoms with van der Waals surface area (Å²) >= 11 is 5.91. The number of benzene rings is 3. The molecule has 38 heavy (non-hydrogen) atoms. The Morgan fingerprint density at radius 2 is 1.61 bits per heavy atom. The minimum Gasteiger partial charge on any atom is -0.488 e. The fourth-order valence-corrected chi connectivity index (χ4v) is 5.74. The van der Waals surface area contributed by atoms with Crippen molar-refractivity contribution in [1.29, 1.82) is 0 Å². The molecule has 3 aromatic rings. The molecule has 8 nitrogen and oxygen atoms in total. The van der Waals surface area contributed by atoms with E-state index in [0.29, 0.717) is 24.4 Å². The molecule has 0 unspecified atom stereocenters. The topological polar surface area (TPSA) is 102 Å². The lowest BCUT2D eigenvalue weighted by molar-refractivity contribution is 0.0811. The summed E-state index contributed by atoms with van der Waals surface area (Å²) in [5.41, 5.74) is 1.83. The first-order valence-electron chi connectivity index (χ1n) is 12.3. The van der Waals surface area contributed by atoms with Gasteiger partial charge in [-0.1, -0.05) is 66.2 Å². The summed E-state index contributed by atoms with van der Waals surface area (Å²) in [6, 6.07) is 22.9. The number of rotatable bonds is 9. The smallest absolute Gasteiger partial charge is 0.410 e. The van der Waals surface area contributed by atoms with Crippen LogP contribution in [0.3, 0.4) is 0 Å². The van der Waals surface area contributed by atoms with Crippen LogP contribution in [0, 0.1) is 5.92 Å². The third kappa shape index (κ3) is 7.97. The molecule has 1 N–H and O–H groups in total. The van der Waals surface area contributed by atoms with Crippen LogP contribution in [0.15, 0.2) is 78.9 Å². The first-order chi connectivity index (χ1) is 18.3. The molecule has 1 fully saturated rings. The van der Waals surface area contributed by atoms with Crippen LogP contribution in [0.4, 0.5) is 4.79 Å². The van der Waals surface area contributed by atoms with Gasteiger partial charge in [0.1, 0.15) is 19.0 Å². The van der Waals surface area contributed by atoms with Crippen molar-refractivity contribution in [3.05, 3.63) is 101 Å². The predicted molar refractivity (Wildman–Crippen MR) is 144 cm³/mol. The molecule has 1 aliphatic rings. The molecule has 1 saturated heterocycles. The van der Waals surface area contributed by atoms with E-state index in [4.69, 9.17) is 21.1 Å². The number of hydrogen-bond donors (Lipinski definition) is 1. The highest BCUT2D eigenvalue weighted by Crippen LogP contribution is 2.22. The Hall–Kier alpha value is -3.56. The number of nitrogens with zero attached hydrogens (tertiary/aromatic N) is 1. The molecule has 4 rings (SSSR count). The van der Waals surface area contributed by atoms with Gasteiger partial charge < -0.3 is 14.4 Å². The van der Waals surface area contributed by atoms with Crippen LogP contribution < -0.4 is 9.46 Å². The minimum absolute atomic E-state index is 0.111. The number of ether oxygens (including phenoxy) is 2.